The lowest BCUT2D eigenvalue weighted by Gasteiger charge is -2.21. The van der Waals surface area contributed by atoms with Crippen LogP contribution in [0.1, 0.15) is 43.1 Å². The van der Waals surface area contributed by atoms with Crippen LogP contribution in [0, 0.1) is 18.7 Å². The Morgan fingerprint density at radius 2 is 1.95 bits per heavy atom. The summed E-state index contributed by atoms with van der Waals surface area (Å²) in [5, 5.41) is 7.83. The minimum Gasteiger partial charge on any atom is -0.349 e. The van der Waals surface area contributed by atoms with Gasteiger partial charge in [0.25, 0.3) is 5.91 Å². The fraction of sp³-hybridized carbons (Fsp3) is 0.500. The van der Waals surface area contributed by atoms with Gasteiger partial charge in [0.05, 0.1) is 4.90 Å². The first-order valence-corrected chi connectivity index (χ1v) is 8.26. The van der Waals surface area contributed by atoms with E-state index < -0.39 is 21.7 Å². The first kappa shape index (κ1) is 17.6. The van der Waals surface area contributed by atoms with Crippen LogP contribution < -0.4 is 10.5 Å². The molecule has 0 fully saturated rings. The number of halogens is 1. The number of amides is 1. The number of sulfonamides is 1. The van der Waals surface area contributed by atoms with Crippen LogP contribution in [0.2, 0.25) is 0 Å². The van der Waals surface area contributed by atoms with E-state index >= 15 is 0 Å². The number of carbonyl (C=O) groups excluding carboxylic acids is 1. The first-order valence-electron chi connectivity index (χ1n) is 6.71. The molecule has 118 valence electrons. The highest BCUT2D eigenvalue weighted by molar-refractivity contribution is 7.89. The highest BCUT2D eigenvalue weighted by atomic mass is 32.2. The molecule has 0 saturated heterocycles. The maximum absolute atomic E-state index is 13.6. The summed E-state index contributed by atoms with van der Waals surface area (Å²) < 4.78 is 36.5. The van der Waals surface area contributed by atoms with Crippen LogP contribution in [-0.2, 0) is 10.0 Å². The van der Waals surface area contributed by atoms with Crippen LogP contribution in [0.4, 0.5) is 4.39 Å². The Kier molecular flexibility index (Phi) is 5.47. The van der Waals surface area contributed by atoms with Crippen LogP contribution >= 0.6 is 0 Å². The van der Waals surface area contributed by atoms with Crippen LogP contribution in [0.3, 0.4) is 0 Å². The lowest BCUT2D eigenvalue weighted by Crippen LogP contribution is -2.38. The maximum atomic E-state index is 13.6. The average molecular weight is 316 g/mol. The van der Waals surface area contributed by atoms with Crippen molar-refractivity contribution in [1.29, 1.82) is 0 Å². The highest BCUT2D eigenvalue weighted by Gasteiger charge is 2.22. The van der Waals surface area contributed by atoms with Gasteiger partial charge in [-0.1, -0.05) is 20.8 Å². The first-order chi connectivity index (χ1) is 9.57. The van der Waals surface area contributed by atoms with E-state index in [1.807, 2.05) is 20.8 Å². The van der Waals surface area contributed by atoms with Crippen LogP contribution in [-0.4, -0.2) is 20.4 Å². The molecule has 7 heteroatoms. The van der Waals surface area contributed by atoms with Crippen molar-refractivity contribution in [2.45, 2.75) is 45.1 Å². The smallest absolute Gasteiger partial charge is 0.251 e. The van der Waals surface area contributed by atoms with Gasteiger partial charge in [-0.3, -0.25) is 4.79 Å². The molecule has 0 aromatic heterocycles. The molecular formula is C14H21FN2O3S. The Bertz CT molecular complexity index is 642. The van der Waals surface area contributed by atoms with Crippen LogP contribution in [0.5, 0.6) is 0 Å². The van der Waals surface area contributed by atoms with Gasteiger partial charge in [0, 0.05) is 11.6 Å². The molecule has 0 bridgehead atoms. The summed E-state index contributed by atoms with van der Waals surface area (Å²) >= 11 is 0. The van der Waals surface area contributed by atoms with Gasteiger partial charge in [0.1, 0.15) is 5.82 Å². The van der Waals surface area contributed by atoms with Gasteiger partial charge in [-0.25, -0.2) is 17.9 Å². The van der Waals surface area contributed by atoms with E-state index in [-0.39, 0.29) is 28.0 Å². The second-order valence-electron chi connectivity index (χ2n) is 5.35. The predicted molar refractivity (Wildman–Crippen MR) is 78.9 cm³/mol. The minimum absolute atomic E-state index is 0.0156. The Labute approximate surface area is 124 Å². The lowest BCUT2D eigenvalue weighted by atomic mass is 10.0. The molecule has 0 aliphatic rings. The van der Waals surface area contributed by atoms with Gasteiger partial charge in [-0.2, -0.15) is 0 Å². The number of carbonyl (C=O) groups is 1. The molecule has 1 rings (SSSR count). The van der Waals surface area contributed by atoms with Crippen molar-refractivity contribution >= 4 is 15.9 Å². The summed E-state index contributed by atoms with van der Waals surface area (Å²) in [6, 6.07) is 1.77. The van der Waals surface area contributed by atoms with E-state index in [9.17, 15) is 17.6 Å². The zero-order chi connectivity index (χ0) is 16.4. The summed E-state index contributed by atoms with van der Waals surface area (Å²) in [5.41, 5.74) is 0.133. The van der Waals surface area contributed by atoms with Crippen molar-refractivity contribution < 1.29 is 17.6 Å². The predicted octanol–water partition coefficient (Wildman–Crippen LogP) is 1.95. The Morgan fingerprint density at radius 3 is 2.38 bits per heavy atom. The highest BCUT2D eigenvalue weighted by Crippen LogP contribution is 2.20. The Balaban J connectivity index is 3.25. The number of rotatable bonds is 5. The summed E-state index contributed by atoms with van der Waals surface area (Å²) in [4.78, 5) is 11.9. The molecule has 0 spiro atoms. The molecule has 1 amide bonds. The molecule has 5 nitrogen and oxygen atoms in total. The number of hydrogen-bond acceptors (Lipinski definition) is 3. The molecule has 1 unspecified atom stereocenters. The number of nitrogens with one attached hydrogen (secondary N) is 1. The van der Waals surface area contributed by atoms with Crippen molar-refractivity contribution in [1.82, 2.24) is 5.32 Å². The van der Waals surface area contributed by atoms with Gasteiger partial charge >= 0.3 is 0 Å². The number of primary sulfonamides is 1. The summed E-state index contributed by atoms with van der Waals surface area (Å²) in [5.74, 6) is -1.10. The molecular weight excluding hydrogens is 295 g/mol. The van der Waals surface area contributed by atoms with Gasteiger partial charge in [0.15, 0.2) is 0 Å². The Morgan fingerprint density at radius 1 is 1.38 bits per heavy atom. The number of hydrogen-bond donors (Lipinski definition) is 2. The maximum Gasteiger partial charge on any atom is 0.251 e. The molecule has 3 N–H and O–H groups in total. The minimum atomic E-state index is -4.08. The fourth-order valence-corrected chi connectivity index (χ4v) is 2.99. The van der Waals surface area contributed by atoms with Crippen molar-refractivity contribution in [2.75, 3.05) is 0 Å². The van der Waals surface area contributed by atoms with Gasteiger partial charge in [-0.15, -0.1) is 0 Å². The standard InChI is InChI=1S/C14H21FN2O3S/c1-5-12(8(2)3)17-14(18)11-6-10(15)7-13(9(11)4)21(16,19)20/h6-8,12H,5H2,1-4H3,(H,17,18)(H2,16,19,20). The molecule has 0 aliphatic carbocycles. The summed E-state index contributed by atoms with van der Waals surface area (Å²) in [6.45, 7) is 7.29. The molecule has 0 heterocycles. The van der Waals surface area contributed by atoms with Crippen molar-refractivity contribution in [3.8, 4) is 0 Å². The monoisotopic (exact) mass is 316 g/mol. The molecule has 1 aromatic rings. The second kappa shape index (κ2) is 6.53. The van der Waals surface area contributed by atoms with Gasteiger partial charge in [-0.05, 0) is 37.0 Å². The molecule has 1 aromatic carbocycles. The van der Waals surface area contributed by atoms with E-state index in [1.165, 1.54) is 6.92 Å². The summed E-state index contributed by atoms with van der Waals surface area (Å²) in [6.07, 6.45) is 0.722. The second-order valence-corrected chi connectivity index (χ2v) is 6.88. The number of nitrogens with two attached hydrogens (primary N) is 1. The molecule has 0 saturated carbocycles. The summed E-state index contributed by atoms with van der Waals surface area (Å²) in [7, 11) is -4.08. The fourth-order valence-electron chi connectivity index (χ4n) is 2.17. The number of benzene rings is 1. The average Bonchev–Trinajstić information content (AvgIpc) is 2.36. The third-order valence-electron chi connectivity index (χ3n) is 3.44. The largest absolute Gasteiger partial charge is 0.349 e. The van der Waals surface area contributed by atoms with E-state index in [1.54, 1.807) is 0 Å². The third-order valence-corrected chi connectivity index (χ3v) is 4.47. The molecule has 0 radical (unpaired) electrons. The van der Waals surface area contributed by atoms with Crippen molar-refractivity contribution in [3.05, 3.63) is 29.1 Å². The zero-order valence-electron chi connectivity index (χ0n) is 12.6. The van der Waals surface area contributed by atoms with E-state index in [2.05, 4.69) is 5.32 Å². The van der Waals surface area contributed by atoms with E-state index in [0.717, 1.165) is 18.6 Å². The van der Waals surface area contributed by atoms with E-state index in [4.69, 9.17) is 5.14 Å². The molecule has 0 aliphatic heterocycles. The van der Waals surface area contributed by atoms with Gasteiger partial charge < -0.3 is 5.32 Å². The van der Waals surface area contributed by atoms with Gasteiger partial charge in [0.2, 0.25) is 10.0 Å². The topological polar surface area (TPSA) is 89.3 Å². The van der Waals surface area contributed by atoms with Crippen LogP contribution in [0.25, 0.3) is 0 Å². The van der Waals surface area contributed by atoms with Crippen molar-refractivity contribution in [2.24, 2.45) is 11.1 Å². The molecule has 21 heavy (non-hydrogen) atoms. The van der Waals surface area contributed by atoms with E-state index in [0.29, 0.717) is 0 Å². The quantitative estimate of drug-likeness (QED) is 0.870. The third kappa shape index (κ3) is 4.25. The zero-order valence-corrected chi connectivity index (χ0v) is 13.4. The van der Waals surface area contributed by atoms with Crippen LogP contribution in [0.15, 0.2) is 17.0 Å². The molecule has 1 atom stereocenters. The normalized spacial score (nSPS) is 13.3. The van der Waals surface area contributed by atoms with Crippen molar-refractivity contribution in [3.63, 3.8) is 0 Å². The SMILES string of the molecule is CCC(NC(=O)c1cc(F)cc(S(N)(=O)=O)c1C)C(C)C. The Hall–Kier alpha value is -1.47. The lowest BCUT2D eigenvalue weighted by molar-refractivity contribution is 0.0923.